The van der Waals surface area contributed by atoms with Crippen molar-refractivity contribution in [2.75, 3.05) is 6.61 Å². The smallest absolute Gasteiger partial charge is 0.293 e. The van der Waals surface area contributed by atoms with Crippen molar-refractivity contribution in [3.05, 3.63) is 35.9 Å². The maximum atomic E-state index is 9.77. The van der Waals surface area contributed by atoms with E-state index >= 15 is 0 Å². The minimum absolute atomic E-state index is 0.364. The molecule has 0 unspecified atom stereocenters. The first-order chi connectivity index (χ1) is 6.43. The molecule has 0 atom stereocenters. The summed E-state index contributed by atoms with van der Waals surface area (Å²) in [5.74, 6) is 5.86. The Morgan fingerprint density at radius 1 is 1.31 bits per heavy atom. The molecule has 13 heavy (non-hydrogen) atoms. The van der Waals surface area contributed by atoms with Gasteiger partial charge in [0.1, 0.15) is 6.61 Å². The lowest BCUT2D eigenvalue weighted by Gasteiger charge is -1.89. The van der Waals surface area contributed by atoms with Crippen LogP contribution >= 0.6 is 0 Å². The molecule has 1 rings (SSSR count). The van der Waals surface area contributed by atoms with E-state index < -0.39 is 0 Å². The number of benzene rings is 1. The molecule has 0 aliphatic heterocycles. The number of hydrogen-bond donors (Lipinski definition) is 0. The van der Waals surface area contributed by atoms with Crippen LogP contribution in [0.15, 0.2) is 30.3 Å². The molecule has 0 spiro atoms. The largest absolute Gasteiger partial charge is 0.467 e. The van der Waals surface area contributed by atoms with E-state index in [2.05, 4.69) is 16.6 Å². The van der Waals surface area contributed by atoms with Gasteiger partial charge in [0.25, 0.3) is 6.47 Å². The quantitative estimate of drug-likeness (QED) is 0.395. The van der Waals surface area contributed by atoms with Gasteiger partial charge in [0.15, 0.2) is 0 Å². The lowest BCUT2D eigenvalue weighted by molar-refractivity contribution is -0.128. The van der Waals surface area contributed by atoms with Gasteiger partial charge in [-0.3, -0.25) is 4.79 Å². The molecule has 0 aromatic heterocycles. The van der Waals surface area contributed by atoms with Gasteiger partial charge >= 0.3 is 0 Å². The van der Waals surface area contributed by atoms with Gasteiger partial charge in [0.05, 0.1) is 0 Å². The Labute approximate surface area is 77.5 Å². The van der Waals surface area contributed by atoms with Crippen molar-refractivity contribution in [2.24, 2.45) is 0 Å². The molecule has 0 N–H and O–H groups in total. The molecule has 0 aliphatic carbocycles. The number of carbonyl (C=O) groups is 1. The zero-order valence-electron chi connectivity index (χ0n) is 7.19. The van der Waals surface area contributed by atoms with Gasteiger partial charge in [-0.1, -0.05) is 30.0 Å². The van der Waals surface area contributed by atoms with Crippen LogP contribution in [0.2, 0.25) is 0 Å². The summed E-state index contributed by atoms with van der Waals surface area (Å²) >= 11 is 0. The molecule has 0 heterocycles. The second-order valence-electron chi connectivity index (χ2n) is 2.38. The summed E-state index contributed by atoms with van der Waals surface area (Å²) in [6.45, 7) is 0.799. The van der Waals surface area contributed by atoms with Crippen LogP contribution in [0, 0.1) is 11.8 Å². The molecule has 66 valence electrons. The Balaban J connectivity index is 2.35. The van der Waals surface area contributed by atoms with Gasteiger partial charge in [-0.25, -0.2) is 0 Å². The summed E-state index contributed by atoms with van der Waals surface area (Å²) in [7, 11) is 0. The van der Waals surface area contributed by atoms with Crippen LogP contribution in [0.3, 0.4) is 0 Å². The Hall–Kier alpha value is -1.75. The van der Waals surface area contributed by atoms with E-state index in [4.69, 9.17) is 0 Å². The molecule has 0 radical (unpaired) electrons. The predicted octanol–water partition coefficient (Wildman–Crippen LogP) is 1.60. The fourth-order valence-electron chi connectivity index (χ4n) is 0.844. The highest BCUT2D eigenvalue weighted by Gasteiger charge is 1.82. The van der Waals surface area contributed by atoms with Gasteiger partial charge < -0.3 is 4.74 Å². The fourth-order valence-corrected chi connectivity index (χ4v) is 0.844. The number of carbonyl (C=O) groups excluding carboxylic acids is 1. The Kier molecular flexibility index (Phi) is 4.20. The standard InChI is InChI=1S/C11H10O2/c12-10-13-9-5-4-8-11-6-2-1-3-7-11/h1-3,6-7,10H,5,9H2. The van der Waals surface area contributed by atoms with Crippen LogP contribution in [0.25, 0.3) is 0 Å². The van der Waals surface area contributed by atoms with Crippen molar-refractivity contribution in [2.45, 2.75) is 6.42 Å². The molecular weight excluding hydrogens is 164 g/mol. The van der Waals surface area contributed by atoms with Gasteiger partial charge in [-0.05, 0) is 12.1 Å². The molecule has 0 aliphatic rings. The van der Waals surface area contributed by atoms with E-state index in [0.29, 0.717) is 19.5 Å². The van der Waals surface area contributed by atoms with Crippen molar-refractivity contribution >= 4 is 6.47 Å². The highest BCUT2D eigenvalue weighted by atomic mass is 16.5. The van der Waals surface area contributed by atoms with Gasteiger partial charge in [0, 0.05) is 12.0 Å². The molecule has 1 aromatic rings. The Morgan fingerprint density at radius 2 is 2.08 bits per heavy atom. The molecule has 2 heteroatoms. The van der Waals surface area contributed by atoms with Crippen LogP contribution < -0.4 is 0 Å². The lowest BCUT2D eigenvalue weighted by Crippen LogP contribution is -1.88. The molecule has 0 saturated carbocycles. The zero-order chi connectivity index (χ0) is 9.36. The van der Waals surface area contributed by atoms with E-state index in [0.717, 1.165) is 5.56 Å². The number of ether oxygens (including phenoxy) is 1. The van der Waals surface area contributed by atoms with E-state index in [1.807, 2.05) is 30.3 Å². The number of hydrogen-bond acceptors (Lipinski definition) is 2. The molecule has 0 amide bonds. The SMILES string of the molecule is O=COCCC#Cc1ccccc1. The monoisotopic (exact) mass is 174 g/mol. The van der Waals surface area contributed by atoms with Crippen LogP contribution in [-0.2, 0) is 9.53 Å². The normalized spacial score (nSPS) is 8.31. The third kappa shape index (κ3) is 3.97. The summed E-state index contributed by atoms with van der Waals surface area (Å²) in [5.41, 5.74) is 0.980. The molecule has 1 aromatic carbocycles. The number of rotatable bonds is 3. The second-order valence-corrected chi connectivity index (χ2v) is 2.38. The average molecular weight is 174 g/mol. The summed E-state index contributed by atoms with van der Waals surface area (Å²) in [6, 6.07) is 9.69. The predicted molar refractivity (Wildman–Crippen MR) is 50.0 cm³/mol. The van der Waals surface area contributed by atoms with Crippen molar-refractivity contribution in [1.29, 1.82) is 0 Å². The van der Waals surface area contributed by atoms with Crippen molar-refractivity contribution in [3.8, 4) is 11.8 Å². The van der Waals surface area contributed by atoms with E-state index in [1.165, 1.54) is 0 Å². The highest BCUT2D eigenvalue weighted by Crippen LogP contribution is 1.94. The Bertz CT molecular complexity index is 306. The summed E-state index contributed by atoms with van der Waals surface area (Å²) in [5, 5.41) is 0. The van der Waals surface area contributed by atoms with Gasteiger partial charge in [-0.15, -0.1) is 0 Å². The van der Waals surface area contributed by atoms with Crippen molar-refractivity contribution in [3.63, 3.8) is 0 Å². The Morgan fingerprint density at radius 3 is 2.77 bits per heavy atom. The van der Waals surface area contributed by atoms with Crippen LogP contribution in [-0.4, -0.2) is 13.1 Å². The molecule has 2 nitrogen and oxygen atoms in total. The van der Waals surface area contributed by atoms with E-state index in [-0.39, 0.29) is 0 Å². The van der Waals surface area contributed by atoms with E-state index in [1.54, 1.807) is 0 Å². The second kappa shape index (κ2) is 5.84. The molecule has 0 fully saturated rings. The third-order valence-corrected chi connectivity index (χ3v) is 1.42. The van der Waals surface area contributed by atoms with Gasteiger partial charge in [-0.2, -0.15) is 0 Å². The fraction of sp³-hybridized carbons (Fsp3) is 0.182. The average Bonchev–Trinajstić information content (AvgIpc) is 2.19. The highest BCUT2D eigenvalue weighted by molar-refractivity contribution is 5.37. The van der Waals surface area contributed by atoms with Crippen molar-refractivity contribution in [1.82, 2.24) is 0 Å². The first-order valence-corrected chi connectivity index (χ1v) is 4.02. The topological polar surface area (TPSA) is 26.3 Å². The van der Waals surface area contributed by atoms with Crippen molar-refractivity contribution < 1.29 is 9.53 Å². The van der Waals surface area contributed by atoms with Gasteiger partial charge in [0.2, 0.25) is 0 Å². The minimum atomic E-state index is 0.364. The first kappa shape index (κ1) is 9.34. The van der Waals surface area contributed by atoms with E-state index in [9.17, 15) is 4.79 Å². The first-order valence-electron chi connectivity index (χ1n) is 4.02. The molecular formula is C11H10O2. The van der Waals surface area contributed by atoms with Crippen LogP contribution in [0.4, 0.5) is 0 Å². The summed E-state index contributed by atoms with van der Waals surface area (Å²) in [6.07, 6.45) is 0.577. The summed E-state index contributed by atoms with van der Waals surface area (Å²) < 4.78 is 4.49. The van der Waals surface area contributed by atoms with Crippen LogP contribution in [0.1, 0.15) is 12.0 Å². The maximum absolute atomic E-state index is 9.77. The minimum Gasteiger partial charge on any atom is -0.467 e. The summed E-state index contributed by atoms with van der Waals surface area (Å²) in [4.78, 5) is 9.77. The molecule has 0 saturated heterocycles. The third-order valence-electron chi connectivity index (χ3n) is 1.42. The lowest BCUT2D eigenvalue weighted by atomic mass is 10.2. The zero-order valence-corrected chi connectivity index (χ0v) is 7.19. The molecule has 0 bridgehead atoms. The van der Waals surface area contributed by atoms with Crippen LogP contribution in [0.5, 0.6) is 0 Å². The maximum Gasteiger partial charge on any atom is 0.293 e.